The van der Waals surface area contributed by atoms with Crippen molar-refractivity contribution in [1.29, 1.82) is 0 Å². The van der Waals surface area contributed by atoms with E-state index < -0.39 is 0 Å². The number of aromatic nitrogens is 1. The van der Waals surface area contributed by atoms with Gasteiger partial charge in [0.1, 0.15) is 5.15 Å². The number of nitrogens with zero attached hydrogens (tertiary/aromatic N) is 1. The molecule has 0 saturated heterocycles. The van der Waals surface area contributed by atoms with Crippen molar-refractivity contribution in [2.45, 2.75) is 0 Å². The molecule has 0 fully saturated rings. The number of pyridine rings is 1. The van der Waals surface area contributed by atoms with Crippen molar-refractivity contribution in [1.82, 2.24) is 4.98 Å². The summed E-state index contributed by atoms with van der Waals surface area (Å²) in [5, 5.41) is 1.74. The van der Waals surface area contributed by atoms with Gasteiger partial charge in [-0.15, -0.1) is 11.3 Å². The van der Waals surface area contributed by atoms with Gasteiger partial charge in [-0.2, -0.15) is 0 Å². The second kappa shape index (κ2) is 2.88. The third-order valence-electron chi connectivity index (χ3n) is 1.34. The Hall–Kier alpha value is 0.130. The Kier molecular flexibility index (Phi) is 2.03. The maximum Gasteiger partial charge on any atom is 0.130 e. The van der Waals surface area contributed by atoms with E-state index in [2.05, 4.69) is 33.6 Å². The van der Waals surface area contributed by atoms with Crippen LogP contribution < -0.4 is 0 Å². The predicted molar refractivity (Wildman–Crippen MR) is 57.3 cm³/mol. The molecule has 0 aliphatic carbocycles. The first-order chi connectivity index (χ1) is 5.25. The molecule has 0 atom stereocenters. The van der Waals surface area contributed by atoms with Gasteiger partial charge in [0, 0.05) is 16.3 Å². The Balaban J connectivity index is 2.82. The minimum Gasteiger partial charge on any atom is -0.244 e. The number of rotatable bonds is 0. The molecule has 0 spiro atoms. The van der Waals surface area contributed by atoms with Gasteiger partial charge in [0.15, 0.2) is 0 Å². The first kappa shape index (κ1) is 7.76. The van der Waals surface area contributed by atoms with Crippen molar-refractivity contribution in [2.24, 2.45) is 0 Å². The monoisotopic (exact) mass is 295 g/mol. The maximum atomic E-state index is 5.72. The van der Waals surface area contributed by atoms with Gasteiger partial charge < -0.3 is 0 Å². The fourth-order valence-corrected chi connectivity index (χ4v) is 2.94. The molecule has 11 heavy (non-hydrogen) atoms. The quantitative estimate of drug-likeness (QED) is 0.535. The first-order valence-corrected chi connectivity index (χ1v) is 5.23. The molecule has 1 nitrogen and oxygen atoms in total. The molecule has 0 aromatic carbocycles. The smallest absolute Gasteiger partial charge is 0.130 e. The van der Waals surface area contributed by atoms with Gasteiger partial charge >= 0.3 is 0 Å². The summed E-state index contributed by atoms with van der Waals surface area (Å²) in [7, 11) is 0. The van der Waals surface area contributed by atoms with E-state index in [0.29, 0.717) is 5.15 Å². The number of fused-ring (bicyclic) bond motifs is 1. The topological polar surface area (TPSA) is 12.9 Å². The summed E-state index contributed by atoms with van der Waals surface area (Å²) in [5.41, 5.74) is 0. The lowest BCUT2D eigenvalue weighted by molar-refractivity contribution is 1.37. The number of hydrogen-bond donors (Lipinski definition) is 0. The zero-order chi connectivity index (χ0) is 7.84. The van der Waals surface area contributed by atoms with Gasteiger partial charge in [-0.3, -0.25) is 0 Å². The lowest BCUT2D eigenvalue weighted by atomic mass is 10.4. The minimum atomic E-state index is 0.566. The molecule has 0 aliphatic rings. The van der Waals surface area contributed by atoms with Crippen LogP contribution in [-0.2, 0) is 0 Å². The van der Waals surface area contributed by atoms with E-state index in [1.807, 2.05) is 6.07 Å². The summed E-state index contributed by atoms with van der Waals surface area (Å²) >= 11 is 9.74. The molecule has 0 bridgehead atoms. The second-order valence-corrected chi connectivity index (χ2v) is 5.46. The van der Waals surface area contributed by atoms with Crippen LogP contribution in [0.2, 0.25) is 5.15 Å². The SMILES string of the molecule is Clc1cc2sc(I)cc2cn1. The van der Waals surface area contributed by atoms with E-state index in [-0.39, 0.29) is 0 Å². The Morgan fingerprint density at radius 2 is 2.27 bits per heavy atom. The van der Waals surface area contributed by atoms with Crippen molar-refractivity contribution < 1.29 is 0 Å². The summed E-state index contributed by atoms with van der Waals surface area (Å²) in [6.45, 7) is 0. The Morgan fingerprint density at radius 3 is 3.09 bits per heavy atom. The molecule has 2 aromatic heterocycles. The lowest BCUT2D eigenvalue weighted by Gasteiger charge is -1.87. The summed E-state index contributed by atoms with van der Waals surface area (Å²) in [5.74, 6) is 0. The van der Waals surface area contributed by atoms with Crippen molar-refractivity contribution in [3.63, 3.8) is 0 Å². The van der Waals surface area contributed by atoms with E-state index in [9.17, 15) is 0 Å². The first-order valence-electron chi connectivity index (χ1n) is 2.96. The third kappa shape index (κ3) is 1.50. The fourth-order valence-electron chi connectivity index (χ4n) is 0.877. The van der Waals surface area contributed by atoms with E-state index in [4.69, 9.17) is 11.6 Å². The van der Waals surface area contributed by atoms with Crippen LogP contribution in [0, 0.1) is 2.88 Å². The molecular formula is C7H3ClINS. The molecule has 2 rings (SSSR count). The Labute approximate surface area is 86.5 Å². The van der Waals surface area contributed by atoms with Crippen molar-refractivity contribution in [3.8, 4) is 0 Å². The fraction of sp³-hybridized carbons (Fsp3) is 0. The number of halogens is 2. The highest BCUT2D eigenvalue weighted by atomic mass is 127. The van der Waals surface area contributed by atoms with E-state index in [0.717, 1.165) is 0 Å². The molecule has 2 aromatic rings. The van der Waals surface area contributed by atoms with Gasteiger partial charge in [0.25, 0.3) is 0 Å². The van der Waals surface area contributed by atoms with E-state index in [1.165, 1.54) is 13.0 Å². The molecule has 4 heteroatoms. The molecule has 0 saturated carbocycles. The Bertz CT molecular complexity index is 398. The normalized spacial score (nSPS) is 10.7. The van der Waals surface area contributed by atoms with Crippen LogP contribution in [-0.4, -0.2) is 4.98 Å². The van der Waals surface area contributed by atoms with Crippen LogP contribution in [0.5, 0.6) is 0 Å². The van der Waals surface area contributed by atoms with Crippen molar-refractivity contribution in [3.05, 3.63) is 26.4 Å². The average molecular weight is 296 g/mol. The molecule has 56 valence electrons. The molecule has 0 aliphatic heterocycles. The van der Waals surface area contributed by atoms with Crippen LogP contribution in [0.25, 0.3) is 10.1 Å². The highest BCUT2D eigenvalue weighted by molar-refractivity contribution is 14.1. The summed E-state index contributed by atoms with van der Waals surface area (Å²) < 4.78 is 2.47. The summed E-state index contributed by atoms with van der Waals surface area (Å²) in [6.07, 6.45) is 1.80. The largest absolute Gasteiger partial charge is 0.244 e. The molecule has 0 N–H and O–H groups in total. The molecule has 2 heterocycles. The van der Waals surface area contributed by atoms with Gasteiger partial charge in [-0.1, -0.05) is 11.6 Å². The third-order valence-corrected chi connectivity index (χ3v) is 3.40. The molecule has 0 amide bonds. The summed E-state index contributed by atoms with van der Waals surface area (Å²) in [6, 6.07) is 3.99. The minimum absolute atomic E-state index is 0.566. The van der Waals surface area contributed by atoms with Crippen LogP contribution >= 0.6 is 45.5 Å². The maximum absolute atomic E-state index is 5.72. The summed E-state index contributed by atoms with van der Waals surface area (Å²) in [4.78, 5) is 3.99. The van der Waals surface area contributed by atoms with Crippen molar-refractivity contribution in [2.75, 3.05) is 0 Å². The molecule has 0 unspecified atom stereocenters. The average Bonchev–Trinajstić information content (AvgIpc) is 2.27. The highest BCUT2D eigenvalue weighted by Crippen LogP contribution is 2.27. The van der Waals surface area contributed by atoms with Crippen LogP contribution in [0.3, 0.4) is 0 Å². The lowest BCUT2D eigenvalue weighted by Crippen LogP contribution is -1.69. The van der Waals surface area contributed by atoms with Crippen LogP contribution in [0.15, 0.2) is 18.3 Å². The standard InChI is InChI=1S/C7H3ClINS/c8-6-2-5-4(3-10-6)1-7(9)11-5/h1-3H. The predicted octanol–water partition coefficient (Wildman–Crippen LogP) is 3.55. The van der Waals surface area contributed by atoms with Crippen LogP contribution in [0.1, 0.15) is 0 Å². The number of hydrogen-bond acceptors (Lipinski definition) is 2. The Morgan fingerprint density at radius 1 is 1.45 bits per heavy atom. The van der Waals surface area contributed by atoms with Gasteiger partial charge in [0.2, 0.25) is 0 Å². The second-order valence-electron chi connectivity index (χ2n) is 2.10. The van der Waals surface area contributed by atoms with Crippen LogP contribution in [0.4, 0.5) is 0 Å². The van der Waals surface area contributed by atoms with E-state index >= 15 is 0 Å². The van der Waals surface area contributed by atoms with Gasteiger partial charge in [-0.05, 0) is 34.7 Å². The van der Waals surface area contributed by atoms with E-state index in [1.54, 1.807) is 17.5 Å². The zero-order valence-electron chi connectivity index (χ0n) is 5.34. The van der Waals surface area contributed by atoms with Gasteiger partial charge in [0.05, 0.1) is 2.88 Å². The number of thiophene rings is 1. The highest BCUT2D eigenvalue weighted by Gasteiger charge is 1.99. The molecular weight excluding hydrogens is 293 g/mol. The van der Waals surface area contributed by atoms with Crippen molar-refractivity contribution >= 4 is 55.6 Å². The van der Waals surface area contributed by atoms with Gasteiger partial charge in [-0.25, -0.2) is 4.98 Å². The zero-order valence-corrected chi connectivity index (χ0v) is 9.07. The molecule has 0 radical (unpaired) electrons.